The van der Waals surface area contributed by atoms with Crippen molar-refractivity contribution in [2.75, 3.05) is 20.6 Å². The quantitative estimate of drug-likeness (QED) is 0.577. The fourth-order valence-electron chi connectivity index (χ4n) is 3.94. The molecule has 92 valence electrons. The highest BCUT2D eigenvalue weighted by Gasteiger charge is 2.58. The van der Waals surface area contributed by atoms with E-state index in [-0.39, 0.29) is 0 Å². The number of hydrogen-bond acceptors (Lipinski definition) is 3. The Morgan fingerprint density at radius 2 is 2.06 bits per heavy atom. The van der Waals surface area contributed by atoms with Crippen LogP contribution in [0.1, 0.15) is 27.2 Å². The Bertz CT molecular complexity index is 309. The summed E-state index contributed by atoms with van der Waals surface area (Å²) < 4.78 is 0. The van der Waals surface area contributed by atoms with Gasteiger partial charge < -0.3 is 10.1 Å². The van der Waals surface area contributed by atoms with Crippen LogP contribution in [0, 0.1) is 29.1 Å². The Kier molecular flexibility index (Phi) is 2.77. The normalized spacial score (nSPS) is 43.5. The zero-order valence-corrected chi connectivity index (χ0v) is 11.1. The third-order valence-electron chi connectivity index (χ3n) is 5.16. The van der Waals surface area contributed by atoms with Gasteiger partial charge in [-0.25, -0.2) is 0 Å². The SMILES string of the molecule is CC1C2CC([C@@H](CN(C)C)C2=NO)C1(C)C. The Morgan fingerprint density at radius 3 is 2.56 bits per heavy atom. The summed E-state index contributed by atoms with van der Waals surface area (Å²) in [5.41, 5.74) is 1.45. The fourth-order valence-corrected chi connectivity index (χ4v) is 3.94. The molecule has 3 heteroatoms. The van der Waals surface area contributed by atoms with Gasteiger partial charge in [-0.05, 0) is 37.8 Å². The van der Waals surface area contributed by atoms with Crippen molar-refractivity contribution in [1.29, 1.82) is 0 Å². The first-order valence-electron chi connectivity index (χ1n) is 6.26. The van der Waals surface area contributed by atoms with Crippen molar-refractivity contribution in [3.8, 4) is 0 Å². The summed E-state index contributed by atoms with van der Waals surface area (Å²) >= 11 is 0. The predicted molar refractivity (Wildman–Crippen MR) is 65.8 cm³/mol. The number of nitrogens with zero attached hydrogens (tertiary/aromatic N) is 2. The van der Waals surface area contributed by atoms with E-state index in [1.807, 2.05) is 0 Å². The van der Waals surface area contributed by atoms with Crippen LogP contribution in [-0.2, 0) is 0 Å². The van der Waals surface area contributed by atoms with E-state index in [0.717, 1.165) is 12.3 Å². The molecule has 2 aliphatic carbocycles. The van der Waals surface area contributed by atoms with E-state index < -0.39 is 0 Å². The van der Waals surface area contributed by atoms with Crippen LogP contribution in [0.5, 0.6) is 0 Å². The lowest BCUT2D eigenvalue weighted by Crippen LogP contribution is -2.43. The van der Waals surface area contributed by atoms with Gasteiger partial charge in [0.25, 0.3) is 0 Å². The Balaban J connectivity index is 2.27. The van der Waals surface area contributed by atoms with Crippen LogP contribution in [0.3, 0.4) is 0 Å². The van der Waals surface area contributed by atoms with Gasteiger partial charge in [-0.2, -0.15) is 0 Å². The maximum Gasteiger partial charge on any atom is 0.0651 e. The molecule has 0 aromatic rings. The molecule has 0 radical (unpaired) electrons. The highest BCUT2D eigenvalue weighted by atomic mass is 16.4. The van der Waals surface area contributed by atoms with E-state index in [0.29, 0.717) is 29.1 Å². The fraction of sp³-hybridized carbons (Fsp3) is 0.923. The summed E-state index contributed by atoms with van der Waals surface area (Å²) in [5, 5.41) is 12.8. The molecule has 16 heavy (non-hydrogen) atoms. The van der Waals surface area contributed by atoms with Gasteiger partial charge in [0.1, 0.15) is 0 Å². The Morgan fingerprint density at radius 1 is 1.44 bits per heavy atom. The molecule has 0 heterocycles. The molecular formula is C13H24N2O. The van der Waals surface area contributed by atoms with Crippen LogP contribution in [-0.4, -0.2) is 36.5 Å². The third-order valence-corrected chi connectivity index (χ3v) is 5.16. The van der Waals surface area contributed by atoms with E-state index in [9.17, 15) is 5.21 Å². The van der Waals surface area contributed by atoms with Gasteiger partial charge in [-0.1, -0.05) is 25.9 Å². The highest BCUT2D eigenvalue weighted by molar-refractivity contribution is 5.92. The zero-order valence-electron chi connectivity index (χ0n) is 11.1. The van der Waals surface area contributed by atoms with Crippen LogP contribution in [0.2, 0.25) is 0 Å². The van der Waals surface area contributed by atoms with E-state index in [1.54, 1.807) is 0 Å². The first-order chi connectivity index (χ1) is 7.39. The van der Waals surface area contributed by atoms with Crippen LogP contribution in [0.15, 0.2) is 5.16 Å². The number of oxime groups is 1. The molecule has 0 saturated heterocycles. The second-order valence-electron chi connectivity index (χ2n) is 6.45. The molecular weight excluding hydrogens is 200 g/mol. The number of hydrogen-bond donors (Lipinski definition) is 1. The molecule has 3 unspecified atom stereocenters. The molecule has 2 rings (SSSR count). The molecule has 0 aromatic carbocycles. The van der Waals surface area contributed by atoms with Crippen LogP contribution in [0.4, 0.5) is 0 Å². The molecule has 0 aromatic heterocycles. The predicted octanol–water partition coefficient (Wildman–Crippen LogP) is 2.31. The maximum atomic E-state index is 9.23. The van der Waals surface area contributed by atoms with E-state index in [2.05, 4.69) is 44.9 Å². The average Bonchev–Trinajstić information content (AvgIpc) is 2.63. The molecule has 1 N–H and O–H groups in total. The summed E-state index contributed by atoms with van der Waals surface area (Å²) in [7, 11) is 4.19. The van der Waals surface area contributed by atoms with Crippen molar-refractivity contribution in [3.63, 3.8) is 0 Å². The highest BCUT2D eigenvalue weighted by Crippen LogP contribution is 2.60. The van der Waals surface area contributed by atoms with Crippen LogP contribution in [0.25, 0.3) is 0 Å². The summed E-state index contributed by atoms with van der Waals surface area (Å²) in [4.78, 5) is 2.21. The minimum atomic E-state index is 0.388. The van der Waals surface area contributed by atoms with Gasteiger partial charge in [0.15, 0.2) is 0 Å². The Hall–Kier alpha value is -0.570. The number of rotatable bonds is 2. The largest absolute Gasteiger partial charge is 0.411 e. The van der Waals surface area contributed by atoms with Gasteiger partial charge in [-0.3, -0.25) is 0 Å². The lowest BCUT2D eigenvalue weighted by atomic mass is 9.64. The van der Waals surface area contributed by atoms with Gasteiger partial charge in [0.2, 0.25) is 0 Å². The van der Waals surface area contributed by atoms with E-state index in [4.69, 9.17) is 0 Å². The van der Waals surface area contributed by atoms with Gasteiger partial charge in [0, 0.05) is 18.4 Å². The third kappa shape index (κ3) is 1.48. The standard InChI is InChI=1S/C13H24N2O/c1-8-9-6-11(13(8,2)3)10(7-15(4)5)12(9)14-16/h8-11,16H,6-7H2,1-5H3/t8?,9?,10-,11?/m1/s1. The summed E-state index contributed by atoms with van der Waals surface area (Å²) in [6, 6.07) is 0. The van der Waals surface area contributed by atoms with Crippen molar-refractivity contribution in [2.45, 2.75) is 27.2 Å². The van der Waals surface area contributed by atoms with Crippen molar-refractivity contribution < 1.29 is 5.21 Å². The van der Waals surface area contributed by atoms with Gasteiger partial charge in [0.05, 0.1) is 5.71 Å². The first-order valence-corrected chi connectivity index (χ1v) is 6.26. The van der Waals surface area contributed by atoms with E-state index >= 15 is 0 Å². The summed E-state index contributed by atoms with van der Waals surface area (Å²) in [5.74, 6) is 2.29. The minimum Gasteiger partial charge on any atom is -0.411 e. The average molecular weight is 224 g/mol. The van der Waals surface area contributed by atoms with Crippen molar-refractivity contribution in [2.24, 2.45) is 34.2 Å². The molecule has 0 aliphatic heterocycles. The lowest BCUT2D eigenvalue weighted by molar-refractivity contribution is 0.128. The molecule has 2 bridgehead atoms. The second-order valence-corrected chi connectivity index (χ2v) is 6.45. The second kappa shape index (κ2) is 3.73. The van der Waals surface area contributed by atoms with Crippen LogP contribution < -0.4 is 0 Å². The van der Waals surface area contributed by atoms with Gasteiger partial charge >= 0.3 is 0 Å². The molecule has 0 amide bonds. The topological polar surface area (TPSA) is 35.8 Å². The minimum absolute atomic E-state index is 0.388. The molecule has 2 saturated carbocycles. The smallest absolute Gasteiger partial charge is 0.0651 e. The monoisotopic (exact) mass is 224 g/mol. The zero-order chi connectivity index (χ0) is 12.1. The Labute approximate surface area is 98.5 Å². The summed E-state index contributed by atoms with van der Waals surface area (Å²) in [6.07, 6.45) is 1.21. The maximum absolute atomic E-state index is 9.23. The first kappa shape index (κ1) is 11.9. The van der Waals surface area contributed by atoms with Crippen LogP contribution >= 0.6 is 0 Å². The summed E-state index contributed by atoms with van der Waals surface area (Å²) in [6.45, 7) is 8.07. The van der Waals surface area contributed by atoms with E-state index in [1.165, 1.54) is 6.42 Å². The number of fused-ring (bicyclic) bond motifs is 2. The van der Waals surface area contributed by atoms with Crippen molar-refractivity contribution in [3.05, 3.63) is 0 Å². The molecule has 0 spiro atoms. The lowest BCUT2D eigenvalue weighted by Gasteiger charge is -2.41. The van der Waals surface area contributed by atoms with Crippen molar-refractivity contribution in [1.82, 2.24) is 4.90 Å². The van der Waals surface area contributed by atoms with Gasteiger partial charge in [-0.15, -0.1) is 0 Å². The van der Waals surface area contributed by atoms with Crippen molar-refractivity contribution >= 4 is 5.71 Å². The molecule has 2 fully saturated rings. The molecule has 3 nitrogen and oxygen atoms in total. The molecule has 4 atom stereocenters. The molecule has 2 aliphatic rings.